The highest BCUT2D eigenvalue weighted by Gasteiger charge is 2.20. The van der Waals surface area contributed by atoms with Gasteiger partial charge < -0.3 is 20.5 Å². The molecule has 1 saturated heterocycles. The van der Waals surface area contributed by atoms with Crippen molar-refractivity contribution in [1.29, 1.82) is 0 Å². The molecule has 0 unspecified atom stereocenters. The number of aromatic nitrogens is 5. The lowest BCUT2D eigenvalue weighted by molar-refractivity contribution is 0.0952. The molecule has 0 aromatic carbocycles. The molecule has 1 fully saturated rings. The smallest absolute Gasteiger partial charge is 0.253 e. The number of aryl methyl sites for hydroxylation is 2. The zero-order valence-corrected chi connectivity index (χ0v) is 23.0. The highest BCUT2D eigenvalue weighted by Crippen LogP contribution is 2.27. The second-order valence-corrected chi connectivity index (χ2v) is 10.3. The van der Waals surface area contributed by atoms with E-state index in [9.17, 15) is 9.59 Å². The minimum atomic E-state index is -0.278. The lowest BCUT2D eigenvalue weighted by Crippen LogP contribution is -2.43. The number of rotatable bonds is 8. The summed E-state index contributed by atoms with van der Waals surface area (Å²) >= 11 is 0. The molecule has 10 heteroatoms. The number of nitrogens with zero attached hydrogens (tertiary/aromatic N) is 5. The molecule has 0 spiro atoms. The molecule has 3 N–H and O–H groups in total. The van der Waals surface area contributed by atoms with Crippen molar-refractivity contribution in [1.82, 2.24) is 35.4 Å². The molecule has 212 valence electrons. The van der Waals surface area contributed by atoms with Crippen LogP contribution < -0.4 is 21.1 Å². The second kappa shape index (κ2) is 12.4. The first-order chi connectivity index (χ1) is 18.9. The minimum Gasteiger partial charge on any atom is -0.354 e. The number of pyridine rings is 3. The maximum Gasteiger partial charge on any atom is 0.253 e. The molecule has 0 bridgehead atoms. The molecule has 0 saturated carbocycles. The third-order valence-corrected chi connectivity index (χ3v) is 7.09. The molecule has 5 heterocycles. The van der Waals surface area contributed by atoms with Gasteiger partial charge in [-0.3, -0.25) is 9.59 Å². The first-order valence-electron chi connectivity index (χ1n) is 13.7. The summed E-state index contributed by atoms with van der Waals surface area (Å²) in [5.74, 6) is 0.650. The van der Waals surface area contributed by atoms with Crippen LogP contribution in [0.5, 0.6) is 0 Å². The molecule has 0 radical (unpaired) electrons. The van der Waals surface area contributed by atoms with Gasteiger partial charge in [-0.25, -0.2) is 14.6 Å². The van der Waals surface area contributed by atoms with E-state index in [4.69, 9.17) is 9.97 Å². The highest BCUT2D eigenvalue weighted by atomic mass is 16.1. The van der Waals surface area contributed by atoms with Gasteiger partial charge in [0.05, 0.1) is 22.8 Å². The third-order valence-electron chi connectivity index (χ3n) is 7.09. The number of carbonyl (C=O) groups excluding carboxylic acids is 1. The van der Waals surface area contributed by atoms with Crippen molar-refractivity contribution in [3.8, 4) is 11.3 Å². The van der Waals surface area contributed by atoms with E-state index in [1.807, 2.05) is 49.8 Å². The number of aromatic amines is 1. The van der Waals surface area contributed by atoms with E-state index in [0.717, 1.165) is 61.7 Å². The fourth-order valence-electron chi connectivity index (χ4n) is 5.09. The Bertz CT molecular complexity index is 1530. The summed E-state index contributed by atoms with van der Waals surface area (Å²) in [6.07, 6.45) is 5.19. The molecular weight excluding hydrogens is 504 g/mol. The van der Waals surface area contributed by atoms with Gasteiger partial charge in [-0.2, -0.15) is 5.10 Å². The van der Waals surface area contributed by atoms with E-state index in [-0.39, 0.29) is 31.5 Å². The third kappa shape index (κ3) is 5.91. The Hall–Kier alpha value is -4.05. The van der Waals surface area contributed by atoms with Crippen LogP contribution in [-0.2, 0) is 13.0 Å². The van der Waals surface area contributed by atoms with E-state index in [1.54, 1.807) is 12.3 Å². The summed E-state index contributed by atoms with van der Waals surface area (Å²) in [4.78, 5) is 41.0. The van der Waals surface area contributed by atoms with E-state index >= 15 is 0 Å². The fraction of sp³-hybridized carbons (Fsp3) is 0.433. The Balaban J connectivity index is 0.00000370. The number of piperazine rings is 1. The predicted octanol–water partition coefficient (Wildman–Crippen LogP) is 4.00. The summed E-state index contributed by atoms with van der Waals surface area (Å²) in [7, 11) is 0. The number of hydrogen-bond donors (Lipinski definition) is 3. The summed E-state index contributed by atoms with van der Waals surface area (Å²) in [5, 5.41) is 11.5. The van der Waals surface area contributed by atoms with Gasteiger partial charge in [-0.1, -0.05) is 20.8 Å². The normalized spacial score (nSPS) is 13.5. The summed E-state index contributed by atoms with van der Waals surface area (Å²) in [6.45, 7) is 11.9. The molecule has 4 aromatic rings. The lowest BCUT2D eigenvalue weighted by Gasteiger charge is -2.28. The number of hydrogen-bond acceptors (Lipinski definition) is 7. The summed E-state index contributed by atoms with van der Waals surface area (Å²) in [6, 6.07) is 7.85. The van der Waals surface area contributed by atoms with Gasteiger partial charge >= 0.3 is 0 Å². The molecule has 10 nitrogen and oxygen atoms in total. The summed E-state index contributed by atoms with van der Waals surface area (Å²) < 4.78 is 1.82. The van der Waals surface area contributed by atoms with Gasteiger partial charge in [0, 0.05) is 61.8 Å². The van der Waals surface area contributed by atoms with E-state index < -0.39 is 0 Å². The maximum absolute atomic E-state index is 13.6. The van der Waals surface area contributed by atoms with Crippen molar-refractivity contribution in [3.63, 3.8) is 0 Å². The van der Waals surface area contributed by atoms with Crippen molar-refractivity contribution < 1.29 is 4.79 Å². The minimum absolute atomic E-state index is 0. The van der Waals surface area contributed by atoms with Crippen LogP contribution >= 0.6 is 0 Å². The Labute approximate surface area is 235 Å². The van der Waals surface area contributed by atoms with E-state index in [0.29, 0.717) is 27.9 Å². The Morgan fingerprint density at radius 3 is 2.60 bits per heavy atom. The van der Waals surface area contributed by atoms with E-state index in [1.165, 1.54) is 0 Å². The Morgan fingerprint density at radius 1 is 1.15 bits per heavy atom. The number of nitrogens with one attached hydrogen (secondary N) is 3. The SMILES string of the molecule is C.CCCc1cc(C)[nH]c(=O)c1CNC(=O)c1cc(-c2ccc(N3CCNCC3)nc2)nc2c1cnn2C(C)C. The molecule has 1 aliphatic rings. The van der Waals surface area contributed by atoms with Crippen LogP contribution in [0.3, 0.4) is 0 Å². The largest absolute Gasteiger partial charge is 0.354 e. The number of H-pyrrole nitrogens is 1. The van der Waals surface area contributed by atoms with Crippen molar-refractivity contribution in [2.75, 3.05) is 31.1 Å². The maximum atomic E-state index is 13.6. The molecular formula is C30H40N8O2. The van der Waals surface area contributed by atoms with Crippen LogP contribution in [0.1, 0.15) is 67.8 Å². The molecule has 40 heavy (non-hydrogen) atoms. The molecule has 4 aromatic heterocycles. The molecule has 0 aliphatic carbocycles. The van der Waals surface area contributed by atoms with Crippen LogP contribution in [0.15, 0.2) is 41.5 Å². The molecule has 5 rings (SSSR count). The lowest BCUT2D eigenvalue weighted by atomic mass is 10.0. The first kappa shape index (κ1) is 28.9. The molecule has 1 amide bonds. The highest BCUT2D eigenvalue weighted by molar-refractivity contribution is 6.06. The molecule has 0 atom stereocenters. The van der Waals surface area contributed by atoms with Gasteiger partial charge in [-0.05, 0) is 57.0 Å². The second-order valence-electron chi connectivity index (χ2n) is 10.3. The monoisotopic (exact) mass is 544 g/mol. The number of amides is 1. The average Bonchev–Trinajstić information content (AvgIpc) is 3.37. The van der Waals surface area contributed by atoms with Crippen LogP contribution in [0.2, 0.25) is 0 Å². The van der Waals surface area contributed by atoms with E-state index in [2.05, 4.69) is 32.5 Å². The van der Waals surface area contributed by atoms with Crippen molar-refractivity contribution in [2.24, 2.45) is 0 Å². The van der Waals surface area contributed by atoms with Crippen LogP contribution in [-0.4, -0.2) is 56.8 Å². The quantitative estimate of drug-likeness (QED) is 0.307. The van der Waals surface area contributed by atoms with Crippen LogP contribution in [0.25, 0.3) is 22.3 Å². The Kier molecular flexibility index (Phi) is 8.99. The van der Waals surface area contributed by atoms with Crippen molar-refractivity contribution in [3.05, 3.63) is 69.4 Å². The number of fused-ring (bicyclic) bond motifs is 1. The number of carbonyl (C=O) groups is 1. The zero-order chi connectivity index (χ0) is 27.5. The first-order valence-corrected chi connectivity index (χ1v) is 13.7. The van der Waals surface area contributed by atoms with Gasteiger partial charge in [0.2, 0.25) is 0 Å². The van der Waals surface area contributed by atoms with Gasteiger partial charge in [0.25, 0.3) is 11.5 Å². The number of anilines is 1. The van der Waals surface area contributed by atoms with Gasteiger partial charge in [0.15, 0.2) is 5.65 Å². The Morgan fingerprint density at radius 2 is 1.93 bits per heavy atom. The standard InChI is InChI=1S/C29H36N8O2.CH4/c1-5-6-20-13-19(4)34-29(39)23(20)16-32-28(38)22-14-25(35-27-24(22)17-33-37(27)18(2)3)21-7-8-26(31-15-21)36-11-9-30-10-12-36;/h7-8,13-15,17-18,30H,5-6,9-12,16H2,1-4H3,(H,32,38)(H,34,39);1H4. The zero-order valence-electron chi connectivity index (χ0n) is 23.0. The van der Waals surface area contributed by atoms with Crippen LogP contribution in [0, 0.1) is 6.92 Å². The van der Waals surface area contributed by atoms with Crippen LogP contribution in [0.4, 0.5) is 5.82 Å². The van der Waals surface area contributed by atoms with Crippen molar-refractivity contribution in [2.45, 2.75) is 60.5 Å². The molecule has 1 aliphatic heterocycles. The average molecular weight is 545 g/mol. The summed E-state index contributed by atoms with van der Waals surface area (Å²) in [5.41, 5.74) is 4.78. The van der Waals surface area contributed by atoms with Crippen molar-refractivity contribution >= 4 is 22.8 Å². The fourth-order valence-corrected chi connectivity index (χ4v) is 5.09. The topological polar surface area (TPSA) is 121 Å². The predicted molar refractivity (Wildman–Crippen MR) is 160 cm³/mol. The van der Waals surface area contributed by atoms with Gasteiger partial charge in [0.1, 0.15) is 5.82 Å². The van der Waals surface area contributed by atoms with Gasteiger partial charge in [-0.15, -0.1) is 0 Å².